The first kappa shape index (κ1) is 13.5. The minimum Gasteiger partial charge on any atom is -0.464 e. The van der Waals surface area contributed by atoms with Crippen molar-refractivity contribution in [3.8, 4) is 6.07 Å². The maximum Gasteiger partial charge on any atom is 0.358 e. The standard InChI is InChI=1S/C14H16N2O3/c1-8-9(6-15)12(13(17)18-4)16-11-5-14(2,3)19-7-10(8)11/h5,7H2,1-4H3. The maximum absolute atomic E-state index is 11.7. The highest BCUT2D eigenvalue weighted by Crippen LogP contribution is 2.30. The molecular weight excluding hydrogens is 244 g/mol. The zero-order valence-corrected chi connectivity index (χ0v) is 11.5. The molecule has 0 saturated carbocycles. The number of carbonyl (C=O) groups excluding carboxylic acids is 1. The number of hydrogen-bond acceptors (Lipinski definition) is 5. The second kappa shape index (κ2) is 4.63. The van der Waals surface area contributed by atoms with Gasteiger partial charge in [0, 0.05) is 12.0 Å². The Morgan fingerprint density at radius 2 is 2.21 bits per heavy atom. The average molecular weight is 260 g/mol. The first-order valence-electron chi connectivity index (χ1n) is 6.04. The van der Waals surface area contributed by atoms with Crippen LogP contribution in [0.15, 0.2) is 0 Å². The molecule has 1 aromatic rings. The Bertz CT molecular complexity index is 585. The third-order valence-electron chi connectivity index (χ3n) is 3.35. The van der Waals surface area contributed by atoms with Gasteiger partial charge < -0.3 is 9.47 Å². The van der Waals surface area contributed by atoms with E-state index in [0.717, 1.165) is 16.8 Å². The molecule has 5 heteroatoms. The van der Waals surface area contributed by atoms with E-state index in [0.29, 0.717) is 13.0 Å². The fourth-order valence-electron chi connectivity index (χ4n) is 2.24. The number of carbonyl (C=O) groups is 1. The summed E-state index contributed by atoms with van der Waals surface area (Å²) in [6.45, 7) is 6.18. The van der Waals surface area contributed by atoms with Gasteiger partial charge in [0.15, 0.2) is 5.69 Å². The smallest absolute Gasteiger partial charge is 0.358 e. The minimum absolute atomic E-state index is 0.0963. The molecule has 0 unspecified atom stereocenters. The van der Waals surface area contributed by atoms with E-state index in [2.05, 4.69) is 4.98 Å². The molecule has 0 radical (unpaired) electrons. The van der Waals surface area contributed by atoms with Gasteiger partial charge in [0.05, 0.1) is 30.6 Å². The lowest BCUT2D eigenvalue weighted by molar-refractivity contribution is -0.0416. The quantitative estimate of drug-likeness (QED) is 0.721. The molecule has 0 aromatic carbocycles. The van der Waals surface area contributed by atoms with Crippen molar-refractivity contribution in [3.63, 3.8) is 0 Å². The molecule has 0 spiro atoms. The number of rotatable bonds is 1. The Morgan fingerprint density at radius 1 is 1.53 bits per heavy atom. The van der Waals surface area contributed by atoms with E-state index in [-0.39, 0.29) is 16.9 Å². The molecule has 1 aliphatic rings. The summed E-state index contributed by atoms with van der Waals surface area (Å²) in [5.41, 5.74) is 2.53. The van der Waals surface area contributed by atoms with Gasteiger partial charge in [-0.1, -0.05) is 0 Å². The van der Waals surface area contributed by atoms with Gasteiger partial charge >= 0.3 is 5.97 Å². The number of hydrogen-bond donors (Lipinski definition) is 0. The molecule has 0 N–H and O–H groups in total. The molecule has 0 atom stereocenters. The lowest BCUT2D eigenvalue weighted by Crippen LogP contribution is -2.33. The van der Waals surface area contributed by atoms with Crippen LogP contribution < -0.4 is 0 Å². The van der Waals surface area contributed by atoms with Crippen molar-refractivity contribution in [1.82, 2.24) is 4.98 Å². The summed E-state index contributed by atoms with van der Waals surface area (Å²) in [5, 5.41) is 9.21. The van der Waals surface area contributed by atoms with Crippen LogP contribution in [0, 0.1) is 18.3 Å². The van der Waals surface area contributed by atoms with E-state index in [1.54, 1.807) is 0 Å². The summed E-state index contributed by atoms with van der Waals surface area (Å²) < 4.78 is 10.4. The molecule has 0 bridgehead atoms. The SMILES string of the molecule is COC(=O)c1nc2c(c(C)c1C#N)COC(C)(C)C2. The van der Waals surface area contributed by atoms with Crippen LogP contribution in [-0.2, 0) is 22.5 Å². The molecule has 1 aromatic heterocycles. The molecule has 2 rings (SSSR count). The van der Waals surface area contributed by atoms with Crippen LogP contribution in [0.2, 0.25) is 0 Å². The van der Waals surface area contributed by atoms with E-state index in [9.17, 15) is 10.1 Å². The number of ether oxygens (including phenoxy) is 2. The van der Waals surface area contributed by atoms with Gasteiger partial charge in [0.1, 0.15) is 6.07 Å². The second-order valence-corrected chi connectivity index (χ2v) is 5.21. The molecule has 19 heavy (non-hydrogen) atoms. The summed E-state index contributed by atoms with van der Waals surface area (Å²) in [6.07, 6.45) is 0.610. The summed E-state index contributed by atoms with van der Waals surface area (Å²) in [6, 6.07) is 2.03. The normalized spacial score (nSPS) is 16.4. The van der Waals surface area contributed by atoms with Gasteiger partial charge in [0.2, 0.25) is 0 Å². The number of nitriles is 1. The first-order chi connectivity index (χ1) is 8.89. The van der Waals surface area contributed by atoms with Gasteiger partial charge in [0.25, 0.3) is 0 Å². The van der Waals surface area contributed by atoms with Crippen molar-refractivity contribution in [2.75, 3.05) is 7.11 Å². The number of pyridine rings is 1. The lowest BCUT2D eigenvalue weighted by atomic mass is 9.91. The first-order valence-corrected chi connectivity index (χ1v) is 6.04. The van der Waals surface area contributed by atoms with E-state index in [1.165, 1.54) is 7.11 Å². The van der Waals surface area contributed by atoms with Crippen LogP contribution in [0.4, 0.5) is 0 Å². The second-order valence-electron chi connectivity index (χ2n) is 5.21. The van der Waals surface area contributed by atoms with Gasteiger partial charge in [-0.3, -0.25) is 0 Å². The van der Waals surface area contributed by atoms with Crippen molar-refractivity contribution in [1.29, 1.82) is 5.26 Å². The molecule has 5 nitrogen and oxygen atoms in total. The Hall–Kier alpha value is -1.93. The Morgan fingerprint density at radius 3 is 2.79 bits per heavy atom. The fourth-order valence-corrected chi connectivity index (χ4v) is 2.24. The van der Waals surface area contributed by atoms with Gasteiger partial charge in [-0.2, -0.15) is 5.26 Å². The number of fused-ring (bicyclic) bond motifs is 1. The van der Waals surface area contributed by atoms with E-state index < -0.39 is 5.97 Å². The summed E-state index contributed by atoms with van der Waals surface area (Å²) >= 11 is 0. The largest absolute Gasteiger partial charge is 0.464 e. The summed E-state index contributed by atoms with van der Waals surface area (Å²) in [7, 11) is 1.28. The van der Waals surface area contributed by atoms with Crippen LogP contribution in [-0.4, -0.2) is 23.7 Å². The molecule has 1 aliphatic heterocycles. The highest BCUT2D eigenvalue weighted by atomic mass is 16.5. The summed E-state index contributed by atoms with van der Waals surface area (Å²) in [4.78, 5) is 16.1. The Balaban J connectivity index is 2.63. The van der Waals surface area contributed by atoms with Gasteiger partial charge in [-0.15, -0.1) is 0 Å². The molecule has 2 heterocycles. The van der Waals surface area contributed by atoms with Crippen LogP contribution in [0.25, 0.3) is 0 Å². The Labute approximate surface area is 112 Å². The third kappa shape index (κ3) is 2.32. The van der Waals surface area contributed by atoms with E-state index in [4.69, 9.17) is 9.47 Å². The van der Waals surface area contributed by atoms with Crippen molar-refractivity contribution in [2.45, 2.75) is 39.4 Å². The maximum atomic E-state index is 11.7. The predicted octanol–water partition coefficient (Wildman–Crippen LogP) is 1.90. The van der Waals surface area contributed by atoms with Crippen molar-refractivity contribution in [3.05, 3.63) is 28.1 Å². The topological polar surface area (TPSA) is 72.2 Å². The zero-order valence-electron chi connectivity index (χ0n) is 11.5. The number of nitrogens with zero attached hydrogens (tertiary/aromatic N) is 2. The van der Waals surface area contributed by atoms with Crippen molar-refractivity contribution >= 4 is 5.97 Å². The Kier molecular flexibility index (Phi) is 3.29. The van der Waals surface area contributed by atoms with Crippen LogP contribution in [0.3, 0.4) is 0 Å². The van der Waals surface area contributed by atoms with Gasteiger partial charge in [-0.05, 0) is 26.3 Å². The van der Waals surface area contributed by atoms with E-state index >= 15 is 0 Å². The van der Waals surface area contributed by atoms with Crippen LogP contribution in [0.5, 0.6) is 0 Å². The monoisotopic (exact) mass is 260 g/mol. The predicted molar refractivity (Wildman–Crippen MR) is 67.6 cm³/mol. The molecule has 100 valence electrons. The van der Waals surface area contributed by atoms with E-state index in [1.807, 2.05) is 26.8 Å². The lowest BCUT2D eigenvalue weighted by Gasteiger charge is -2.32. The number of esters is 1. The zero-order chi connectivity index (χ0) is 14.2. The van der Waals surface area contributed by atoms with Crippen molar-refractivity contribution < 1.29 is 14.3 Å². The van der Waals surface area contributed by atoms with Crippen LogP contribution in [0.1, 0.15) is 46.7 Å². The fraction of sp³-hybridized carbons (Fsp3) is 0.500. The highest BCUT2D eigenvalue weighted by molar-refractivity contribution is 5.90. The molecule has 0 amide bonds. The van der Waals surface area contributed by atoms with Gasteiger partial charge in [-0.25, -0.2) is 9.78 Å². The average Bonchev–Trinajstić information content (AvgIpc) is 2.36. The van der Waals surface area contributed by atoms with Crippen LogP contribution >= 0.6 is 0 Å². The minimum atomic E-state index is -0.577. The number of methoxy groups -OCH3 is 1. The molecule has 0 saturated heterocycles. The third-order valence-corrected chi connectivity index (χ3v) is 3.35. The molecule has 0 fully saturated rings. The molecular formula is C14H16N2O3. The highest BCUT2D eigenvalue weighted by Gasteiger charge is 2.31. The molecule has 0 aliphatic carbocycles. The number of aromatic nitrogens is 1. The summed E-state index contributed by atoms with van der Waals surface area (Å²) in [5.74, 6) is -0.577. The van der Waals surface area contributed by atoms with Crippen molar-refractivity contribution in [2.24, 2.45) is 0 Å².